The van der Waals surface area contributed by atoms with Gasteiger partial charge >= 0.3 is 0 Å². The van der Waals surface area contributed by atoms with Crippen LogP contribution in [0.4, 0.5) is 5.69 Å². The van der Waals surface area contributed by atoms with E-state index in [1.807, 2.05) is 43.6 Å². The second-order valence-electron chi connectivity index (χ2n) is 3.96. The molecule has 0 fully saturated rings. The van der Waals surface area contributed by atoms with Gasteiger partial charge in [-0.15, -0.1) is 0 Å². The molecule has 0 radical (unpaired) electrons. The molecule has 1 heterocycles. The van der Waals surface area contributed by atoms with Crippen molar-refractivity contribution < 1.29 is 0 Å². The van der Waals surface area contributed by atoms with Gasteiger partial charge in [0.05, 0.1) is 16.9 Å². The largest absolute Gasteiger partial charge is 0.308 e. The van der Waals surface area contributed by atoms with E-state index in [0.29, 0.717) is 5.84 Å². The minimum Gasteiger partial charge on any atom is -0.308 e. The van der Waals surface area contributed by atoms with Gasteiger partial charge in [0.15, 0.2) is 5.84 Å². The molecule has 3 N–H and O–H groups in total. The molecule has 5 heteroatoms. The Balaban J connectivity index is 2.42. The molecule has 0 saturated heterocycles. The monoisotopic (exact) mass is 243 g/mol. The summed E-state index contributed by atoms with van der Waals surface area (Å²) in [5.74, 6) is 6.20. The summed E-state index contributed by atoms with van der Waals surface area (Å²) in [6.45, 7) is 2.06. The lowest BCUT2D eigenvalue weighted by Gasteiger charge is -2.04. The standard InChI is InChI=1S/C13H17N5/c1-3-12-11(9-18(2)17-12)13(16-14)15-10-7-5-4-6-8-10/h4-9H,3,14H2,1-2H3,(H,15,16). The molecule has 1 aromatic carbocycles. The third-order valence-corrected chi connectivity index (χ3v) is 2.63. The molecule has 0 unspecified atom stereocenters. The number of aryl methyl sites for hydroxylation is 2. The van der Waals surface area contributed by atoms with Crippen molar-refractivity contribution in [1.82, 2.24) is 15.2 Å². The molecule has 0 aliphatic rings. The number of hydrogen-bond donors (Lipinski definition) is 2. The summed E-state index contributed by atoms with van der Waals surface area (Å²) in [7, 11) is 1.89. The number of aliphatic imine (C=N–C) groups is 1. The van der Waals surface area contributed by atoms with Crippen LogP contribution in [0, 0.1) is 0 Å². The Morgan fingerprint density at radius 1 is 1.39 bits per heavy atom. The highest BCUT2D eigenvalue weighted by Crippen LogP contribution is 2.14. The van der Waals surface area contributed by atoms with Crippen molar-refractivity contribution in [2.24, 2.45) is 17.9 Å². The number of nitrogens with two attached hydrogens (primary N) is 1. The number of nitrogens with one attached hydrogen (secondary N) is 1. The first-order valence-electron chi connectivity index (χ1n) is 5.87. The Kier molecular flexibility index (Phi) is 3.74. The van der Waals surface area contributed by atoms with Gasteiger partial charge in [-0.1, -0.05) is 25.1 Å². The Morgan fingerprint density at radius 2 is 2.11 bits per heavy atom. The van der Waals surface area contributed by atoms with Crippen LogP contribution in [0.25, 0.3) is 0 Å². The van der Waals surface area contributed by atoms with E-state index in [1.54, 1.807) is 4.68 Å². The summed E-state index contributed by atoms with van der Waals surface area (Å²) in [4.78, 5) is 4.50. The summed E-state index contributed by atoms with van der Waals surface area (Å²) in [6.07, 6.45) is 2.76. The molecule has 0 atom stereocenters. The SMILES string of the molecule is CCc1nn(C)cc1C(=Nc1ccccc1)NN. The maximum atomic E-state index is 5.57. The topological polar surface area (TPSA) is 68.2 Å². The van der Waals surface area contributed by atoms with Crippen molar-refractivity contribution in [3.63, 3.8) is 0 Å². The minimum atomic E-state index is 0.631. The van der Waals surface area contributed by atoms with Crippen molar-refractivity contribution in [2.45, 2.75) is 13.3 Å². The Bertz CT molecular complexity index is 542. The minimum absolute atomic E-state index is 0.631. The molecule has 18 heavy (non-hydrogen) atoms. The van der Waals surface area contributed by atoms with Crippen LogP contribution in [0.5, 0.6) is 0 Å². The van der Waals surface area contributed by atoms with Crippen LogP contribution in [-0.4, -0.2) is 15.6 Å². The lowest BCUT2D eigenvalue weighted by molar-refractivity contribution is 0.746. The molecule has 1 aromatic heterocycles. The molecule has 0 amide bonds. The second kappa shape index (κ2) is 5.46. The molecule has 2 rings (SSSR count). The van der Waals surface area contributed by atoms with Gasteiger partial charge in [-0.25, -0.2) is 10.8 Å². The van der Waals surface area contributed by atoms with E-state index < -0.39 is 0 Å². The van der Waals surface area contributed by atoms with Crippen LogP contribution < -0.4 is 11.3 Å². The number of hydrazine groups is 1. The van der Waals surface area contributed by atoms with Crippen LogP contribution in [0.15, 0.2) is 41.5 Å². The van der Waals surface area contributed by atoms with E-state index >= 15 is 0 Å². The fourth-order valence-corrected chi connectivity index (χ4v) is 1.80. The molecule has 2 aromatic rings. The predicted octanol–water partition coefficient (Wildman–Crippen LogP) is 1.52. The van der Waals surface area contributed by atoms with Gasteiger partial charge in [0, 0.05) is 13.2 Å². The van der Waals surface area contributed by atoms with Crippen LogP contribution in [0.2, 0.25) is 0 Å². The zero-order chi connectivity index (χ0) is 13.0. The first-order valence-corrected chi connectivity index (χ1v) is 5.87. The highest BCUT2D eigenvalue weighted by atomic mass is 15.3. The van der Waals surface area contributed by atoms with E-state index in [-0.39, 0.29) is 0 Å². The lowest BCUT2D eigenvalue weighted by Crippen LogP contribution is -2.31. The number of para-hydroxylation sites is 1. The zero-order valence-electron chi connectivity index (χ0n) is 10.6. The van der Waals surface area contributed by atoms with Crippen molar-refractivity contribution in [2.75, 3.05) is 0 Å². The number of hydrogen-bond acceptors (Lipinski definition) is 3. The fourth-order valence-electron chi connectivity index (χ4n) is 1.80. The highest BCUT2D eigenvalue weighted by molar-refractivity contribution is 6.00. The quantitative estimate of drug-likeness (QED) is 0.372. The average molecular weight is 243 g/mol. The van der Waals surface area contributed by atoms with Crippen molar-refractivity contribution in [3.8, 4) is 0 Å². The van der Waals surface area contributed by atoms with Crippen LogP contribution >= 0.6 is 0 Å². The first kappa shape index (κ1) is 12.3. The molecular formula is C13H17N5. The summed E-state index contributed by atoms with van der Waals surface area (Å²) < 4.78 is 1.77. The van der Waals surface area contributed by atoms with Gasteiger partial charge in [0.2, 0.25) is 0 Å². The van der Waals surface area contributed by atoms with Gasteiger partial charge < -0.3 is 5.43 Å². The molecular weight excluding hydrogens is 226 g/mol. The summed E-state index contributed by atoms with van der Waals surface area (Å²) in [5, 5.41) is 4.38. The van der Waals surface area contributed by atoms with Gasteiger partial charge in [0.25, 0.3) is 0 Å². The van der Waals surface area contributed by atoms with Gasteiger partial charge in [-0.2, -0.15) is 5.10 Å². The van der Waals surface area contributed by atoms with Crippen molar-refractivity contribution >= 4 is 11.5 Å². The van der Waals surface area contributed by atoms with Crippen LogP contribution in [0.1, 0.15) is 18.2 Å². The Hall–Kier alpha value is -2.14. The van der Waals surface area contributed by atoms with Gasteiger partial charge in [-0.3, -0.25) is 4.68 Å². The Labute approximate surface area is 106 Å². The lowest BCUT2D eigenvalue weighted by atomic mass is 10.2. The molecule has 5 nitrogen and oxygen atoms in total. The van der Waals surface area contributed by atoms with Gasteiger partial charge in [0.1, 0.15) is 0 Å². The number of benzene rings is 1. The third-order valence-electron chi connectivity index (χ3n) is 2.63. The van der Waals surface area contributed by atoms with Crippen molar-refractivity contribution in [1.29, 1.82) is 0 Å². The number of aromatic nitrogens is 2. The normalized spacial score (nSPS) is 11.6. The molecule has 0 saturated carbocycles. The zero-order valence-corrected chi connectivity index (χ0v) is 10.6. The van der Waals surface area contributed by atoms with E-state index in [1.165, 1.54) is 0 Å². The van der Waals surface area contributed by atoms with E-state index in [0.717, 1.165) is 23.4 Å². The smallest absolute Gasteiger partial charge is 0.151 e. The highest BCUT2D eigenvalue weighted by Gasteiger charge is 2.11. The number of nitrogens with zero attached hydrogens (tertiary/aromatic N) is 3. The molecule has 0 aliphatic heterocycles. The van der Waals surface area contributed by atoms with Crippen LogP contribution in [0.3, 0.4) is 0 Å². The molecule has 0 aliphatic carbocycles. The van der Waals surface area contributed by atoms with E-state index in [4.69, 9.17) is 5.84 Å². The molecule has 0 bridgehead atoms. The summed E-state index contributed by atoms with van der Waals surface area (Å²) in [5.41, 5.74) is 5.42. The van der Waals surface area contributed by atoms with Crippen molar-refractivity contribution in [3.05, 3.63) is 47.8 Å². The summed E-state index contributed by atoms with van der Waals surface area (Å²) in [6, 6.07) is 9.70. The predicted molar refractivity (Wildman–Crippen MR) is 72.5 cm³/mol. The molecule has 0 spiro atoms. The van der Waals surface area contributed by atoms with E-state index in [2.05, 4.69) is 22.4 Å². The second-order valence-corrected chi connectivity index (χ2v) is 3.96. The maximum absolute atomic E-state index is 5.57. The van der Waals surface area contributed by atoms with E-state index in [9.17, 15) is 0 Å². The first-order chi connectivity index (χ1) is 8.74. The van der Waals surface area contributed by atoms with Gasteiger partial charge in [-0.05, 0) is 18.6 Å². The Morgan fingerprint density at radius 3 is 2.72 bits per heavy atom. The number of rotatable bonds is 3. The average Bonchev–Trinajstić information content (AvgIpc) is 2.78. The third kappa shape index (κ3) is 2.57. The number of amidine groups is 1. The fraction of sp³-hybridized carbons (Fsp3) is 0.231. The molecule has 94 valence electrons. The summed E-state index contributed by atoms with van der Waals surface area (Å²) >= 11 is 0. The maximum Gasteiger partial charge on any atom is 0.151 e. The van der Waals surface area contributed by atoms with Crippen LogP contribution in [-0.2, 0) is 13.5 Å².